The third-order valence-corrected chi connectivity index (χ3v) is 4.86. The molecule has 1 aliphatic heterocycles. The Morgan fingerprint density at radius 3 is 2.58 bits per heavy atom. The summed E-state index contributed by atoms with van der Waals surface area (Å²) < 4.78 is 39.3. The van der Waals surface area contributed by atoms with Crippen molar-refractivity contribution in [1.29, 1.82) is 0 Å². The van der Waals surface area contributed by atoms with Crippen molar-refractivity contribution >= 4 is 5.97 Å². The number of likely N-dealkylation sites (tertiary alicyclic amines) is 1. The summed E-state index contributed by atoms with van der Waals surface area (Å²) in [6.45, 7) is 1.91. The topological polar surface area (TPSA) is 40.5 Å². The largest absolute Gasteiger partial charge is 0.481 e. The number of alkyl halides is 3. The van der Waals surface area contributed by atoms with E-state index in [1.165, 1.54) is 0 Å². The normalized spacial score (nSPS) is 36.8. The second-order valence-electron chi connectivity index (χ2n) is 5.77. The number of hydrogen-bond donors (Lipinski definition) is 1. The Morgan fingerprint density at radius 2 is 2.11 bits per heavy atom. The Balaban J connectivity index is 2.15. The Morgan fingerprint density at radius 1 is 1.42 bits per heavy atom. The van der Waals surface area contributed by atoms with Crippen LogP contribution in [0.3, 0.4) is 0 Å². The molecule has 0 bridgehead atoms. The molecule has 0 spiro atoms. The second kappa shape index (κ2) is 4.96. The van der Waals surface area contributed by atoms with Gasteiger partial charge < -0.3 is 5.11 Å². The lowest BCUT2D eigenvalue weighted by molar-refractivity contribution is -0.228. The van der Waals surface area contributed by atoms with E-state index in [4.69, 9.17) is 5.11 Å². The van der Waals surface area contributed by atoms with E-state index in [-0.39, 0.29) is 25.6 Å². The van der Waals surface area contributed by atoms with Gasteiger partial charge in [0, 0.05) is 12.6 Å². The van der Waals surface area contributed by atoms with Gasteiger partial charge in [-0.2, -0.15) is 13.2 Å². The molecule has 2 fully saturated rings. The van der Waals surface area contributed by atoms with Gasteiger partial charge >= 0.3 is 12.1 Å². The third-order valence-electron chi connectivity index (χ3n) is 4.86. The fourth-order valence-electron chi connectivity index (χ4n) is 3.62. The lowest BCUT2D eigenvalue weighted by atomic mass is 9.86. The molecule has 19 heavy (non-hydrogen) atoms. The maximum Gasteiger partial charge on any atom is 0.406 e. The summed E-state index contributed by atoms with van der Waals surface area (Å²) in [7, 11) is 0. The quantitative estimate of drug-likeness (QED) is 0.863. The minimum absolute atomic E-state index is 0.133. The molecule has 1 N–H and O–H groups in total. The van der Waals surface area contributed by atoms with Gasteiger partial charge in [0.15, 0.2) is 5.41 Å². The lowest BCUT2D eigenvalue weighted by Gasteiger charge is -2.32. The number of nitrogens with zero attached hydrogens (tertiary/aromatic N) is 1. The number of carbonyl (C=O) groups is 1. The van der Waals surface area contributed by atoms with Crippen molar-refractivity contribution in [3.05, 3.63) is 0 Å². The van der Waals surface area contributed by atoms with E-state index in [9.17, 15) is 18.0 Å². The molecular formula is C13H20F3NO2. The van der Waals surface area contributed by atoms with Gasteiger partial charge in [-0.1, -0.05) is 19.8 Å². The van der Waals surface area contributed by atoms with Crippen LogP contribution < -0.4 is 0 Å². The van der Waals surface area contributed by atoms with Gasteiger partial charge in [-0.25, -0.2) is 0 Å². The smallest absolute Gasteiger partial charge is 0.406 e. The van der Waals surface area contributed by atoms with Gasteiger partial charge in [-0.15, -0.1) is 0 Å². The van der Waals surface area contributed by atoms with Crippen molar-refractivity contribution in [3.8, 4) is 0 Å². The van der Waals surface area contributed by atoms with Crippen LogP contribution in [0, 0.1) is 11.3 Å². The summed E-state index contributed by atoms with van der Waals surface area (Å²) in [5.41, 5.74) is -2.56. The number of halogens is 3. The minimum atomic E-state index is -4.67. The fourth-order valence-corrected chi connectivity index (χ4v) is 3.62. The maximum absolute atomic E-state index is 13.1. The summed E-state index contributed by atoms with van der Waals surface area (Å²) in [5, 5.41) is 9.04. The summed E-state index contributed by atoms with van der Waals surface area (Å²) >= 11 is 0. The molecule has 0 radical (unpaired) electrons. The van der Waals surface area contributed by atoms with Gasteiger partial charge in [-0.3, -0.25) is 9.69 Å². The van der Waals surface area contributed by atoms with Crippen molar-refractivity contribution in [2.24, 2.45) is 11.3 Å². The Kier molecular flexibility index (Phi) is 3.82. The molecule has 1 saturated carbocycles. The Bertz CT molecular complexity index is 358. The number of carboxylic acid groups (broad SMARTS) is 1. The van der Waals surface area contributed by atoms with E-state index < -0.39 is 17.6 Å². The average molecular weight is 279 g/mol. The molecule has 1 aliphatic carbocycles. The zero-order valence-electron chi connectivity index (χ0n) is 11.0. The molecule has 1 heterocycles. The second-order valence-corrected chi connectivity index (χ2v) is 5.77. The zero-order valence-corrected chi connectivity index (χ0v) is 11.0. The van der Waals surface area contributed by atoms with E-state index in [0.717, 1.165) is 25.7 Å². The van der Waals surface area contributed by atoms with E-state index in [1.54, 1.807) is 4.90 Å². The lowest BCUT2D eigenvalue weighted by Crippen LogP contribution is -2.48. The average Bonchev–Trinajstić information content (AvgIpc) is 2.94. The molecule has 0 amide bonds. The number of hydrogen-bond acceptors (Lipinski definition) is 2. The van der Waals surface area contributed by atoms with E-state index in [2.05, 4.69) is 0 Å². The van der Waals surface area contributed by atoms with Crippen LogP contribution in [0.4, 0.5) is 13.2 Å². The predicted octanol–water partition coefficient (Wildman–Crippen LogP) is 2.90. The van der Waals surface area contributed by atoms with Crippen LogP contribution in [-0.2, 0) is 4.79 Å². The number of aliphatic carboxylic acids is 1. The first kappa shape index (κ1) is 14.6. The molecule has 3 nitrogen and oxygen atoms in total. The molecule has 0 aromatic rings. The van der Waals surface area contributed by atoms with Crippen LogP contribution in [0.2, 0.25) is 0 Å². The molecular weight excluding hydrogens is 259 g/mol. The van der Waals surface area contributed by atoms with Crippen molar-refractivity contribution in [3.63, 3.8) is 0 Å². The van der Waals surface area contributed by atoms with Crippen LogP contribution in [0.25, 0.3) is 0 Å². The zero-order chi connectivity index (χ0) is 14.3. The number of carboxylic acids is 1. The highest BCUT2D eigenvalue weighted by molar-refractivity contribution is 5.76. The minimum Gasteiger partial charge on any atom is -0.481 e. The standard InChI is InChI=1S/C13H20F3NO2/c1-2-9-4-3-5-10(9)17-7-6-12(8-17,11(18)19)13(14,15)16/h9-10H,2-8H2,1H3,(H,18,19). The highest BCUT2D eigenvalue weighted by atomic mass is 19.4. The van der Waals surface area contributed by atoms with Gasteiger partial charge in [0.2, 0.25) is 0 Å². The highest BCUT2D eigenvalue weighted by Gasteiger charge is 2.64. The molecule has 2 rings (SSSR count). The molecule has 110 valence electrons. The predicted molar refractivity (Wildman–Crippen MR) is 63.7 cm³/mol. The van der Waals surface area contributed by atoms with Crippen LogP contribution >= 0.6 is 0 Å². The highest BCUT2D eigenvalue weighted by Crippen LogP contribution is 2.48. The van der Waals surface area contributed by atoms with Gasteiger partial charge in [0.25, 0.3) is 0 Å². The van der Waals surface area contributed by atoms with Crippen molar-refractivity contribution in [1.82, 2.24) is 4.90 Å². The van der Waals surface area contributed by atoms with Crippen LogP contribution in [0.5, 0.6) is 0 Å². The Hall–Kier alpha value is -0.780. The van der Waals surface area contributed by atoms with Crippen molar-refractivity contribution in [2.75, 3.05) is 13.1 Å². The molecule has 2 aliphatic rings. The first-order valence-corrected chi connectivity index (χ1v) is 6.86. The molecule has 0 aromatic heterocycles. The first-order valence-electron chi connectivity index (χ1n) is 6.86. The van der Waals surface area contributed by atoms with Crippen LogP contribution in [0.1, 0.15) is 39.0 Å². The molecule has 6 heteroatoms. The number of rotatable bonds is 3. The van der Waals surface area contributed by atoms with Gasteiger partial charge in [0.1, 0.15) is 0 Å². The van der Waals surface area contributed by atoms with E-state index in [1.807, 2.05) is 6.92 Å². The molecule has 3 unspecified atom stereocenters. The van der Waals surface area contributed by atoms with Crippen LogP contribution in [-0.4, -0.2) is 41.3 Å². The Labute approximate surface area is 110 Å². The van der Waals surface area contributed by atoms with Crippen LogP contribution in [0.15, 0.2) is 0 Å². The first-order chi connectivity index (χ1) is 8.82. The van der Waals surface area contributed by atoms with Crippen molar-refractivity contribution in [2.45, 2.75) is 51.2 Å². The molecule has 1 saturated heterocycles. The third kappa shape index (κ3) is 2.35. The summed E-state index contributed by atoms with van der Waals surface area (Å²) in [6, 6.07) is 0.133. The SMILES string of the molecule is CCC1CCCC1N1CCC(C(=O)O)(C(F)(F)F)C1. The van der Waals surface area contributed by atoms with Gasteiger partial charge in [0.05, 0.1) is 0 Å². The van der Waals surface area contributed by atoms with E-state index >= 15 is 0 Å². The fraction of sp³-hybridized carbons (Fsp3) is 0.923. The monoisotopic (exact) mass is 279 g/mol. The summed E-state index contributed by atoms with van der Waals surface area (Å²) in [4.78, 5) is 12.9. The molecule has 3 atom stereocenters. The molecule has 0 aromatic carbocycles. The summed E-state index contributed by atoms with van der Waals surface area (Å²) in [6.07, 6.45) is -1.07. The van der Waals surface area contributed by atoms with E-state index in [0.29, 0.717) is 5.92 Å². The van der Waals surface area contributed by atoms with Crippen molar-refractivity contribution < 1.29 is 23.1 Å². The van der Waals surface area contributed by atoms with Gasteiger partial charge in [-0.05, 0) is 31.7 Å². The summed E-state index contributed by atoms with van der Waals surface area (Å²) in [5.74, 6) is -1.31. The maximum atomic E-state index is 13.1.